The van der Waals surface area contributed by atoms with Gasteiger partial charge in [0.2, 0.25) is 0 Å². The fourth-order valence-corrected chi connectivity index (χ4v) is 1.60. The molecule has 3 heteroatoms. The van der Waals surface area contributed by atoms with E-state index in [1.807, 2.05) is 20.9 Å². The van der Waals surface area contributed by atoms with Gasteiger partial charge in [0, 0.05) is 12.0 Å². The molecule has 0 aromatic carbocycles. The standard InChI is InChI=1S/C14H30N2O/c1-12(2)14(17)11-16(5)10-8-6-7-9-15-13(3)4/h12-13,15H,6-11H2,1-5H3. The lowest BCUT2D eigenvalue weighted by atomic mass is 10.1. The van der Waals surface area contributed by atoms with Crippen LogP contribution in [0.1, 0.15) is 47.0 Å². The van der Waals surface area contributed by atoms with E-state index in [9.17, 15) is 4.79 Å². The summed E-state index contributed by atoms with van der Waals surface area (Å²) >= 11 is 0. The summed E-state index contributed by atoms with van der Waals surface area (Å²) in [5, 5.41) is 3.41. The predicted molar refractivity (Wildman–Crippen MR) is 74.3 cm³/mol. The van der Waals surface area contributed by atoms with Gasteiger partial charge in [0.25, 0.3) is 0 Å². The molecule has 1 N–H and O–H groups in total. The van der Waals surface area contributed by atoms with E-state index in [0.717, 1.165) is 13.1 Å². The zero-order chi connectivity index (χ0) is 13.3. The summed E-state index contributed by atoms with van der Waals surface area (Å²) in [5.41, 5.74) is 0. The number of nitrogens with zero attached hydrogens (tertiary/aromatic N) is 1. The zero-order valence-electron chi connectivity index (χ0n) is 12.3. The maximum Gasteiger partial charge on any atom is 0.149 e. The summed E-state index contributed by atoms with van der Waals surface area (Å²) in [6, 6.07) is 0.585. The molecule has 0 atom stereocenters. The van der Waals surface area contributed by atoms with Crippen LogP contribution >= 0.6 is 0 Å². The molecule has 0 heterocycles. The van der Waals surface area contributed by atoms with Gasteiger partial charge >= 0.3 is 0 Å². The Balaban J connectivity index is 3.39. The van der Waals surface area contributed by atoms with E-state index in [0.29, 0.717) is 18.4 Å². The molecule has 0 fully saturated rings. The van der Waals surface area contributed by atoms with Gasteiger partial charge in [0.15, 0.2) is 0 Å². The van der Waals surface area contributed by atoms with Gasteiger partial charge in [0.05, 0.1) is 6.54 Å². The van der Waals surface area contributed by atoms with E-state index in [-0.39, 0.29) is 5.92 Å². The smallest absolute Gasteiger partial charge is 0.149 e. The number of ketones is 1. The van der Waals surface area contributed by atoms with Crippen LogP contribution in [-0.2, 0) is 4.79 Å². The van der Waals surface area contributed by atoms with Crippen LogP contribution in [0.5, 0.6) is 0 Å². The molecule has 0 aliphatic heterocycles. The minimum absolute atomic E-state index is 0.160. The van der Waals surface area contributed by atoms with Crippen LogP contribution in [-0.4, -0.2) is 43.4 Å². The molecule has 0 amide bonds. The Labute approximate surface area is 107 Å². The van der Waals surface area contributed by atoms with Crippen LogP contribution < -0.4 is 5.32 Å². The van der Waals surface area contributed by atoms with E-state index < -0.39 is 0 Å². The second-order valence-electron chi connectivity index (χ2n) is 5.53. The minimum Gasteiger partial charge on any atom is -0.315 e. The molecular weight excluding hydrogens is 212 g/mol. The Hall–Kier alpha value is -0.410. The third kappa shape index (κ3) is 10.5. The summed E-state index contributed by atoms with van der Waals surface area (Å²) in [4.78, 5) is 13.6. The monoisotopic (exact) mass is 242 g/mol. The first-order chi connectivity index (χ1) is 7.93. The normalized spacial score (nSPS) is 11.8. The highest BCUT2D eigenvalue weighted by Crippen LogP contribution is 2.00. The summed E-state index contributed by atoms with van der Waals surface area (Å²) in [6.07, 6.45) is 3.64. The number of unbranched alkanes of at least 4 members (excludes halogenated alkanes) is 2. The molecule has 17 heavy (non-hydrogen) atoms. The maximum atomic E-state index is 11.5. The summed E-state index contributed by atoms with van der Waals surface area (Å²) in [7, 11) is 2.03. The fraction of sp³-hybridized carbons (Fsp3) is 0.929. The summed E-state index contributed by atoms with van der Waals surface area (Å²) in [5.74, 6) is 0.502. The molecule has 0 radical (unpaired) electrons. The van der Waals surface area contributed by atoms with Crippen molar-refractivity contribution in [3.05, 3.63) is 0 Å². The van der Waals surface area contributed by atoms with Crippen LogP contribution in [0, 0.1) is 5.92 Å². The second kappa shape index (κ2) is 9.60. The Morgan fingerprint density at radius 1 is 1.12 bits per heavy atom. The number of likely N-dealkylation sites (N-methyl/N-ethyl adjacent to an activating group) is 1. The Morgan fingerprint density at radius 3 is 2.29 bits per heavy atom. The molecule has 0 unspecified atom stereocenters. The largest absolute Gasteiger partial charge is 0.315 e. The lowest BCUT2D eigenvalue weighted by Crippen LogP contribution is -2.29. The van der Waals surface area contributed by atoms with Gasteiger partial charge in [-0.1, -0.05) is 34.1 Å². The molecular formula is C14H30N2O. The van der Waals surface area contributed by atoms with Crippen molar-refractivity contribution in [3.63, 3.8) is 0 Å². The molecule has 0 saturated carbocycles. The predicted octanol–water partition coefficient (Wildman–Crippen LogP) is 2.31. The number of Topliss-reactive ketones (excluding diaryl/α,β-unsaturated/α-hetero) is 1. The van der Waals surface area contributed by atoms with Gasteiger partial charge in [-0.3, -0.25) is 9.69 Å². The van der Waals surface area contributed by atoms with E-state index in [2.05, 4.69) is 24.1 Å². The fourth-order valence-electron chi connectivity index (χ4n) is 1.60. The van der Waals surface area contributed by atoms with Gasteiger partial charge in [-0.25, -0.2) is 0 Å². The summed E-state index contributed by atoms with van der Waals surface area (Å²) in [6.45, 7) is 11.0. The average molecular weight is 242 g/mol. The lowest BCUT2D eigenvalue weighted by molar-refractivity contribution is -0.122. The van der Waals surface area contributed by atoms with Gasteiger partial charge in [-0.2, -0.15) is 0 Å². The van der Waals surface area contributed by atoms with Crippen molar-refractivity contribution < 1.29 is 4.79 Å². The van der Waals surface area contributed by atoms with Crippen LogP contribution in [0.4, 0.5) is 0 Å². The van der Waals surface area contributed by atoms with Gasteiger partial charge in [-0.05, 0) is 33.0 Å². The molecule has 0 saturated heterocycles. The van der Waals surface area contributed by atoms with Crippen LogP contribution in [0.3, 0.4) is 0 Å². The molecule has 0 bridgehead atoms. The molecule has 0 aliphatic rings. The van der Waals surface area contributed by atoms with Crippen molar-refractivity contribution in [2.24, 2.45) is 5.92 Å². The highest BCUT2D eigenvalue weighted by atomic mass is 16.1. The average Bonchev–Trinajstić information content (AvgIpc) is 2.22. The quantitative estimate of drug-likeness (QED) is 0.597. The van der Waals surface area contributed by atoms with Crippen molar-refractivity contribution in [1.82, 2.24) is 10.2 Å². The number of carbonyl (C=O) groups excluding carboxylic acids is 1. The Bertz CT molecular complexity index is 202. The second-order valence-corrected chi connectivity index (χ2v) is 5.53. The van der Waals surface area contributed by atoms with Crippen molar-refractivity contribution in [2.75, 3.05) is 26.7 Å². The molecule has 0 spiro atoms. The third-order valence-electron chi connectivity index (χ3n) is 2.84. The van der Waals surface area contributed by atoms with Gasteiger partial charge in [0.1, 0.15) is 5.78 Å². The first-order valence-corrected chi connectivity index (χ1v) is 6.88. The molecule has 0 aromatic heterocycles. The number of rotatable bonds is 10. The lowest BCUT2D eigenvalue weighted by Gasteiger charge is -2.16. The maximum absolute atomic E-state index is 11.5. The molecule has 0 rings (SSSR count). The van der Waals surface area contributed by atoms with Crippen molar-refractivity contribution in [2.45, 2.75) is 53.0 Å². The first kappa shape index (κ1) is 16.6. The molecule has 0 aliphatic carbocycles. The van der Waals surface area contributed by atoms with Crippen LogP contribution in [0.15, 0.2) is 0 Å². The SMILES string of the molecule is CC(C)NCCCCCN(C)CC(=O)C(C)C. The van der Waals surface area contributed by atoms with E-state index in [1.165, 1.54) is 19.3 Å². The highest BCUT2D eigenvalue weighted by Gasteiger charge is 2.09. The number of hydrogen-bond acceptors (Lipinski definition) is 3. The topological polar surface area (TPSA) is 32.3 Å². The molecule has 3 nitrogen and oxygen atoms in total. The van der Waals surface area contributed by atoms with Crippen molar-refractivity contribution in [3.8, 4) is 0 Å². The highest BCUT2D eigenvalue weighted by molar-refractivity contribution is 5.82. The van der Waals surface area contributed by atoms with E-state index in [4.69, 9.17) is 0 Å². The summed E-state index contributed by atoms with van der Waals surface area (Å²) < 4.78 is 0. The zero-order valence-corrected chi connectivity index (χ0v) is 12.3. The minimum atomic E-state index is 0.160. The van der Waals surface area contributed by atoms with Crippen LogP contribution in [0.25, 0.3) is 0 Å². The molecule has 0 aromatic rings. The molecule has 102 valence electrons. The Kier molecular flexibility index (Phi) is 9.37. The Morgan fingerprint density at radius 2 is 1.76 bits per heavy atom. The van der Waals surface area contributed by atoms with E-state index in [1.54, 1.807) is 0 Å². The first-order valence-electron chi connectivity index (χ1n) is 6.88. The van der Waals surface area contributed by atoms with Crippen molar-refractivity contribution >= 4 is 5.78 Å². The van der Waals surface area contributed by atoms with Gasteiger partial charge < -0.3 is 5.32 Å². The number of carbonyl (C=O) groups is 1. The van der Waals surface area contributed by atoms with E-state index >= 15 is 0 Å². The number of nitrogens with one attached hydrogen (secondary N) is 1. The third-order valence-corrected chi connectivity index (χ3v) is 2.84. The van der Waals surface area contributed by atoms with Crippen molar-refractivity contribution in [1.29, 1.82) is 0 Å². The number of hydrogen-bond donors (Lipinski definition) is 1. The van der Waals surface area contributed by atoms with Gasteiger partial charge in [-0.15, -0.1) is 0 Å². The van der Waals surface area contributed by atoms with Crippen LogP contribution in [0.2, 0.25) is 0 Å².